The minimum Gasteiger partial charge on any atom is -0.389 e. The molecule has 0 aliphatic carbocycles. The van der Waals surface area contributed by atoms with Gasteiger partial charge in [0.2, 0.25) is 0 Å². The normalized spacial score (nSPS) is 14.1. The van der Waals surface area contributed by atoms with Gasteiger partial charge in [-0.15, -0.1) is 0 Å². The molecular formula is C21H28FNO5S. The van der Waals surface area contributed by atoms with Crippen LogP contribution in [-0.4, -0.2) is 63.3 Å². The van der Waals surface area contributed by atoms with Crippen molar-refractivity contribution in [2.75, 3.05) is 32.6 Å². The van der Waals surface area contributed by atoms with E-state index in [2.05, 4.69) is 4.18 Å². The van der Waals surface area contributed by atoms with Crippen molar-refractivity contribution < 1.29 is 26.8 Å². The predicted octanol–water partition coefficient (Wildman–Crippen LogP) is 2.38. The van der Waals surface area contributed by atoms with Crippen molar-refractivity contribution in [3.63, 3.8) is 0 Å². The maximum atomic E-state index is 14.3. The van der Waals surface area contributed by atoms with E-state index in [-0.39, 0.29) is 19.7 Å². The Balaban J connectivity index is 1.87. The minimum atomic E-state index is -3.70. The van der Waals surface area contributed by atoms with Crippen molar-refractivity contribution in [2.24, 2.45) is 0 Å². The Morgan fingerprint density at radius 2 is 1.55 bits per heavy atom. The van der Waals surface area contributed by atoms with Crippen LogP contribution < -0.4 is 0 Å². The van der Waals surface area contributed by atoms with Gasteiger partial charge in [-0.05, 0) is 11.1 Å². The summed E-state index contributed by atoms with van der Waals surface area (Å²) in [6.07, 6.45) is -1.44. The molecule has 2 rings (SSSR count). The van der Waals surface area contributed by atoms with Gasteiger partial charge in [-0.2, -0.15) is 8.42 Å². The number of benzene rings is 2. The fourth-order valence-corrected chi connectivity index (χ4v) is 3.21. The van der Waals surface area contributed by atoms with Gasteiger partial charge in [0.1, 0.15) is 6.17 Å². The van der Waals surface area contributed by atoms with Crippen LogP contribution in [0.2, 0.25) is 0 Å². The van der Waals surface area contributed by atoms with Crippen molar-refractivity contribution in [2.45, 2.75) is 25.4 Å². The zero-order valence-corrected chi connectivity index (χ0v) is 17.3. The van der Waals surface area contributed by atoms with Gasteiger partial charge in [-0.3, -0.25) is 9.08 Å². The Kier molecular flexibility index (Phi) is 9.69. The zero-order chi connectivity index (χ0) is 21.1. The first kappa shape index (κ1) is 23.4. The van der Waals surface area contributed by atoms with Gasteiger partial charge in [0.05, 0.1) is 32.2 Å². The van der Waals surface area contributed by atoms with Crippen molar-refractivity contribution in [1.82, 2.24) is 4.90 Å². The van der Waals surface area contributed by atoms with Gasteiger partial charge in [0.25, 0.3) is 10.1 Å². The van der Waals surface area contributed by atoms with Crippen molar-refractivity contribution in [1.29, 1.82) is 0 Å². The maximum Gasteiger partial charge on any atom is 0.264 e. The van der Waals surface area contributed by atoms with Gasteiger partial charge in [0.15, 0.2) is 0 Å². The molecule has 2 aromatic rings. The van der Waals surface area contributed by atoms with E-state index in [9.17, 15) is 17.9 Å². The van der Waals surface area contributed by atoms with E-state index in [1.165, 1.54) is 0 Å². The highest BCUT2D eigenvalue weighted by Gasteiger charge is 2.19. The highest BCUT2D eigenvalue weighted by Crippen LogP contribution is 2.09. The molecule has 0 aliphatic heterocycles. The van der Waals surface area contributed by atoms with Crippen LogP contribution in [0.3, 0.4) is 0 Å². The number of halogens is 1. The number of alkyl halides is 1. The molecule has 6 nitrogen and oxygen atoms in total. The minimum absolute atomic E-state index is 0.0693. The fraction of sp³-hybridized carbons (Fsp3) is 0.429. The highest BCUT2D eigenvalue weighted by molar-refractivity contribution is 7.85. The Labute approximate surface area is 172 Å². The van der Waals surface area contributed by atoms with Gasteiger partial charge in [-0.25, -0.2) is 4.39 Å². The largest absolute Gasteiger partial charge is 0.389 e. The van der Waals surface area contributed by atoms with Crippen LogP contribution in [0, 0.1) is 0 Å². The van der Waals surface area contributed by atoms with Crippen molar-refractivity contribution >= 4 is 10.1 Å². The van der Waals surface area contributed by atoms with Crippen molar-refractivity contribution in [3.8, 4) is 0 Å². The third-order valence-corrected chi connectivity index (χ3v) is 4.62. The number of ether oxygens (including phenoxy) is 1. The summed E-state index contributed by atoms with van der Waals surface area (Å²) in [6.45, 7) is 0.464. The van der Waals surface area contributed by atoms with E-state index in [4.69, 9.17) is 4.74 Å². The van der Waals surface area contributed by atoms with E-state index in [0.717, 1.165) is 17.4 Å². The first-order valence-corrected chi connectivity index (χ1v) is 11.2. The molecule has 0 fully saturated rings. The summed E-state index contributed by atoms with van der Waals surface area (Å²) in [5.74, 6) is 0. The van der Waals surface area contributed by atoms with Crippen molar-refractivity contribution in [3.05, 3.63) is 71.8 Å². The molecule has 0 amide bonds. The predicted molar refractivity (Wildman–Crippen MR) is 110 cm³/mol. The molecule has 2 aromatic carbocycles. The first-order valence-electron chi connectivity index (χ1n) is 9.36. The number of aliphatic hydroxyl groups excluding tert-OH is 1. The molecule has 8 heteroatoms. The second-order valence-corrected chi connectivity index (χ2v) is 8.56. The average molecular weight is 426 g/mol. The highest BCUT2D eigenvalue weighted by atomic mass is 32.2. The second-order valence-electron chi connectivity index (χ2n) is 6.92. The number of aliphatic hydroxyl groups is 1. The van der Waals surface area contributed by atoms with Crippen LogP contribution >= 0.6 is 0 Å². The lowest BCUT2D eigenvalue weighted by Gasteiger charge is -2.26. The molecule has 2 atom stereocenters. The van der Waals surface area contributed by atoms with Crippen LogP contribution in [0.4, 0.5) is 4.39 Å². The Bertz CT molecular complexity index is 804. The van der Waals surface area contributed by atoms with Crippen LogP contribution in [-0.2, 0) is 32.2 Å². The van der Waals surface area contributed by atoms with Crippen LogP contribution in [0.1, 0.15) is 11.1 Å². The summed E-state index contributed by atoms with van der Waals surface area (Å²) in [5.41, 5.74) is 1.96. The molecular weight excluding hydrogens is 397 g/mol. The number of nitrogens with zero attached hydrogens (tertiary/aromatic N) is 1. The molecule has 0 aliphatic rings. The monoisotopic (exact) mass is 425 g/mol. The lowest BCUT2D eigenvalue weighted by atomic mass is 10.2. The maximum absolute atomic E-state index is 14.3. The quantitative estimate of drug-likeness (QED) is 0.497. The molecule has 29 heavy (non-hydrogen) atoms. The van der Waals surface area contributed by atoms with E-state index in [1.54, 1.807) is 4.90 Å². The third-order valence-electron chi connectivity index (χ3n) is 4.06. The molecule has 0 saturated heterocycles. The van der Waals surface area contributed by atoms with E-state index < -0.39 is 29.0 Å². The summed E-state index contributed by atoms with van der Waals surface area (Å²) in [5, 5.41) is 10.3. The molecule has 0 heterocycles. The summed E-state index contributed by atoms with van der Waals surface area (Å²) in [7, 11) is -3.70. The molecule has 0 aromatic heterocycles. The second kappa shape index (κ2) is 12.0. The third kappa shape index (κ3) is 10.5. The van der Waals surface area contributed by atoms with Gasteiger partial charge in [-0.1, -0.05) is 60.7 Å². The lowest BCUT2D eigenvalue weighted by molar-refractivity contribution is 0.00319. The van der Waals surface area contributed by atoms with E-state index in [0.29, 0.717) is 13.2 Å². The summed E-state index contributed by atoms with van der Waals surface area (Å²) >= 11 is 0. The molecule has 1 N–H and O–H groups in total. The molecule has 0 radical (unpaired) electrons. The standard InChI is InChI=1S/C21H28FNO5S/c1-29(25,26)28-16-20(22)13-23(12-18-8-4-2-5-9-18)14-21(24)17-27-15-19-10-6-3-7-11-19/h2-11,20-21,24H,12-17H2,1H3/t20-,21-/m0/s1. The van der Waals surface area contributed by atoms with Gasteiger partial charge in [0, 0.05) is 19.6 Å². The van der Waals surface area contributed by atoms with Gasteiger partial charge >= 0.3 is 0 Å². The Morgan fingerprint density at radius 3 is 2.14 bits per heavy atom. The number of rotatable bonds is 13. The van der Waals surface area contributed by atoms with Crippen LogP contribution in [0.25, 0.3) is 0 Å². The molecule has 160 valence electrons. The summed E-state index contributed by atoms with van der Waals surface area (Å²) < 4.78 is 46.5. The Hall–Kier alpha value is -1.84. The Morgan fingerprint density at radius 1 is 0.966 bits per heavy atom. The molecule has 0 spiro atoms. The topological polar surface area (TPSA) is 76.1 Å². The summed E-state index contributed by atoms with van der Waals surface area (Å²) in [4.78, 5) is 1.72. The first-order chi connectivity index (χ1) is 13.8. The molecule has 0 saturated carbocycles. The van der Waals surface area contributed by atoms with Gasteiger partial charge < -0.3 is 9.84 Å². The van der Waals surface area contributed by atoms with Crippen LogP contribution in [0.15, 0.2) is 60.7 Å². The SMILES string of the molecule is CS(=O)(=O)OC[C@@H](F)CN(Cc1ccccc1)C[C@H](O)COCc1ccccc1. The fourth-order valence-electron chi connectivity index (χ4n) is 2.81. The van der Waals surface area contributed by atoms with E-state index >= 15 is 0 Å². The lowest BCUT2D eigenvalue weighted by Crippen LogP contribution is -2.39. The molecule has 0 unspecified atom stereocenters. The number of hydrogen-bond acceptors (Lipinski definition) is 6. The number of hydrogen-bond donors (Lipinski definition) is 1. The summed E-state index contributed by atoms with van der Waals surface area (Å²) in [6, 6.07) is 19.1. The van der Waals surface area contributed by atoms with Crippen LogP contribution in [0.5, 0.6) is 0 Å². The van der Waals surface area contributed by atoms with E-state index in [1.807, 2.05) is 60.7 Å². The molecule has 0 bridgehead atoms. The average Bonchev–Trinajstić information content (AvgIpc) is 2.67. The smallest absolute Gasteiger partial charge is 0.264 e. The zero-order valence-electron chi connectivity index (χ0n) is 16.5.